The van der Waals surface area contributed by atoms with Crippen LogP contribution in [0, 0.1) is 0 Å². The quantitative estimate of drug-likeness (QED) is 0.830. The standard InChI is InChI=1S/C16H32N2O/c1-5-16(3,4)17-12-13(2)18-10-11-19-15-9-7-6-8-14(15)18/h13-15,17H,5-12H2,1-4H3. The molecular formula is C16H32N2O. The monoisotopic (exact) mass is 268 g/mol. The van der Waals surface area contributed by atoms with E-state index < -0.39 is 0 Å². The molecule has 3 nitrogen and oxygen atoms in total. The molecule has 112 valence electrons. The second-order valence-corrected chi connectivity index (χ2v) is 6.97. The topological polar surface area (TPSA) is 24.5 Å². The van der Waals surface area contributed by atoms with E-state index in [-0.39, 0.29) is 5.54 Å². The van der Waals surface area contributed by atoms with Gasteiger partial charge in [-0.2, -0.15) is 0 Å². The maximum atomic E-state index is 5.97. The normalized spacial score (nSPS) is 30.9. The fourth-order valence-electron chi connectivity index (χ4n) is 3.34. The van der Waals surface area contributed by atoms with E-state index in [0.29, 0.717) is 18.2 Å². The van der Waals surface area contributed by atoms with Crippen LogP contribution in [0.2, 0.25) is 0 Å². The van der Waals surface area contributed by atoms with Crippen molar-refractivity contribution < 1.29 is 4.74 Å². The minimum atomic E-state index is 0.256. The van der Waals surface area contributed by atoms with Crippen LogP contribution in [0.1, 0.15) is 59.8 Å². The number of rotatable bonds is 5. The number of hydrogen-bond acceptors (Lipinski definition) is 3. The van der Waals surface area contributed by atoms with Crippen molar-refractivity contribution in [1.82, 2.24) is 10.2 Å². The summed E-state index contributed by atoms with van der Waals surface area (Å²) in [5.74, 6) is 0. The first-order valence-corrected chi connectivity index (χ1v) is 8.16. The number of nitrogens with zero attached hydrogens (tertiary/aromatic N) is 1. The third-order valence-corrected chi connectivity index (χ3v) is 5.10. The predicted octanol–water partition coefficient (Wildman–Crippen LogP) is 2.80. The smallest absolute Gasteiger partial charge is 0.0731 e. The molecule has 1 aliphatic heterocycles. The molecule has 0 spiro atoms. The number of fused-ring (bicyclic) bond motifs is 1. The first-order chi connectivity index (χ1) is 9.03. The van der Waals surface area contributed by atoms with Gasteiger partial charge in [0.15, 0.2) is 0 Å². The molecule has 0 amide bonds. The van der Waals surface area contributed by atoms with E-state index in [4.69, 9.17) is 4.74 Å². The molecule has 2 aliphatic rings. The average molecular weight is 268 g/mol. The minimum Gasteiger partial charge on any atom is -0.375 e. The molecule has 3 heteroatoms. The molecule has 0 aromatic heterocycles. The lowest BCUT2D eigenvalue weighted by atomic mass is 9.89. The van der Waals surface area contributed by atoms with Crippen LogP contribution >= 0.6 is 0 Å². The Morgan fingerprint density at radius 3 is 2.79 bits per heavy atom. The minimum absolute atomic E-state index is 0.256. The molecule has 2 rings (SSSR count). The lowest BCUT2D eigenvalue weighted by Crippen LogP contribution is -2.58. The van der Waals surface area contributed by atoms with E-state index >= 15 is 0 Å². The van der Waals surface area contributed by atoms with Crippen molar-refractivity contribution in [3.8, 4) is 0 Å². The zero-order valence-corrected chi connectivity index (χ0v) is 13.2. The summed E-state index contributed by atoms with van der Waals surface area (Å²) in [6, 6.07) is 1.28. The number of morpholine rings is 1. The van der Waals surface area contributed by atoms with Crippen molar-refractivity contribution in [3.05, 3.63) is 0 Å². The van der Waals surface area contributed by atoms with Crippen LogP contribution in [0.25, 0.3) is 0 Å². The Labute approximate surface area is 119 Å². The van der Waals surface area contributed by atoms with Gasteiger partial charge < -0.3 is 10.1 Å². The van der Waals surface area contributed by atoms with Crippen molar-refractivity contribution in [3.63, 3.8) is 0 Å². The third-order valence-electron chi connectivity index (χ3n) is 5.10. The van der Waals surface area contributed by atoms with Gasteiger partial charge >= 0.3 is 0 Å². The summed E-state index contributed by atoms with van der Waals surface area (Å²) >= 11 is 0. The zero-order chi connectivity index (χ0) is 13.9. The van der Waals surface area contributed by atoms with Crippen LogP contribution in [-0.4, -0.2) is 48.3 Å². The van der Waals surface area contributed by atoms with E-state index in [9.17, 15) is 0 Å². The van der Waals surface area contributed by atoms with Crippen molar-refractivity contribution in [2.24, 2.45) is 0 Å². The van der Waals surface area contributed by atoms with Gasteiger partial charge in [0.05, 0.1) is 12.7 Å². The first-order valence-electron chi connectivity index (χ1n) is 8.16. The summed E-state index contributed by atoms with van der Waals surface area (Å²) in [5, 5.41) is 3.72. The van der Waals surface area contributed by atoms with Crippen LogP contribution in [0.15, 0.2) is 0 Å². The fraction of sp³-hybridized carbons (Fsp3) is 1.00. The molecule has 1 saturated heterocycles. The Kier molecular flexibility index (Phi) is 5.27. The summed E-state index contributed by atoms with van der Waals surface area (Å²) < 4.78 is 5.97. The Hall–Kier alpha value is -0.120. The van der Waals surface area contributed by atoms with Crippen LogP contribution in [0.3, 0.4) is 0 Å². The van der Waals surface area contributed by atoms with Gasteiger partial charge in [0.2, 0.25) is 0 Å². The van der Waals surface area contributed by atoms with E-state index in [1.165, 1.54) is 32.1 Å². The average Bonchev–Trinajstić information content (AvgIpc) is 2.44. The van der Waals surface area contributed by atoms with Gasteiger partial charge in [-0.15, -0.1) is 0 Å². The Balaban J connectivity index is 1.88. The molecule has 0 bridgehead atoms. The molecule has 0 aromatic rings. The van der Waals surface area contributed by atoms with Gasteiger partial charge in [0, 0.05) is 30.7 Å². The Bertz CT molecular complexity index is 278. The van der Waals surface area contributed by atoms with Gasteiger partial charge in [-0.25, -0.2) is 0 Å². The zero-order valence-electron chi connectivity index (χ0n) is 13.2. The van der Waals surface area contributed by atoms with Gasteiger partial charge in [0.25, 0.3) is 0 Å². The fourth-order valence-corrected chi connectivity index (χ4v) is 3.34. The summed E-state index contributed by atoms with van der Waals surface area (Å²) in [6.45, 7) is 12.3. The molecule has 2 fully saturated rings. The van der Waals surface area contributed by atoms with E-state index in [1.807, 2.05) is 0 Å². The summed E-state index contributed by atoms with van der Waals surface area (Å²) in [6.07, 6.45) is 7.00. The van der Waals surface area contributed by atoms with E-state index in [2.05, 4.69) is 37.9 Å². The summed E-state index contributed by atoms with van der Waals surface area (Å²) in [5.41, 5.74) is 0.256. The maximum absolute atomic E-state index is 5.97. The maximum Gasteiger partial charge on any atom is 0.0731 e. The number of ether oxygens (including phenoxy) is 1. The van der Waals surface area contributed by atoms with Gasteiger partial charge in [-0.1, -0.05) is 19.8 Å². The lowest BCUT2D eigenvalue weighted by Gasteiger charge is -2.47. The third kappa shape index (κ3) is 3.93. The van der Waals surface area contributed by atoms with Crippen molar-refractivity contribution in [2.75, 3.05) is 19.7 Å². The van der Waals surface area contributed by atoms with E-state index in [1.54, 1.807) is 0 Å². The number of hydrogen-bond donors (Lipinski definition) is 1. The molecule has 3 unspecified atom stereocenters. The van der Waals surface area contributed by atoms with Gasteiger partial charge in [0.1, 0.15) is 0 Å². The molecule has 1 heterocycles. The molecule has 3 atom stereocenters. The highest BCUT2D eigenvalue weighted by atomic mass is 16.5. The van der Waals surface area contributed by atoms with E-state index in [0.717, 1.165) is 19.7 Å². The molecular weight excluding hydrogens is 236 g/mol. The lowest BCUT2D eigenvalue weighted by molar-refractivity contribution is -0.100. The summed E-state index contributed by atoms with van der Waals surface area (Å²) in [7, 11) is 0. The molecule has 0 radical (unpaired) electrons. The van der Waals surface area contributed by atoms with Gasteiger partial charge in [-0.3, -0.25) is 4.90 Å². The van der Waals surface area contributed by atoms with Crippen molar-refractivity contribution >= 4 is 0 Å². The molecule has 19 heavy (non-hydrogen) atoms. The second kappa shape index (κ2) is 6.55. The Morgan fingerprint density at radius 1 is 1.32 bits per heavy atom. The molecule has 1 aliphatic carbocycles. The van der Waals surface area contributed by atoms with Crippen LogP contribution in [-0.2, 0) is 4.74 Å². The molecule has 1 saturated carbocycles. The molecule has 0 aromatic carbocycles. The Morgan fingerprint density at radius 2 is 2.05 bits per heavy atom. The van der Waals surface area contributed by atoms with Crippen LogP contribution in [0.4, 0.5) is 0 Å². The van der Waals surface area contributed by atoms with Crippen molar-refractivity contribution in [2.45, 2.75) is 83.5 Å². The van der Waals surface area contributed by atoms with Gasteiger partial charge in [-0.05, 0) is 40.0 Å². The number of nitrogens with one attached hydrogen (secondary N) is 1. The highest BCUT2D eigenvalue weighted by Crippen LogP contribution is 2.29. The summed E-state index contributed by atoms with van der Waals surface area (Å²) in [4.78, 5) is 2.70. The predicted molar refractivity (Wildman–Crippen MR) is 80.5 cm³/mol. The van der Waals surface area contributed by atoms with Crippen LogP contribution < -0.4 is 5.32 Å². The second-order valence-electron chi connectivity index (χ2n) is 6.97. The largest absolute Gasteiger partial charge is 0.375 e. The van der Waals surface area contributed by atoms with Crippen LogP contribution in [0.5, 0.6) is 0 Å². The highest BCUT2D eigenvalue weighted by Gasteiger charge is 2.36. The highest BCUT2D eigenvalue weighted by molar-refractivity contribution is 4.91. The van der Waals surface area contributed by atoms with Crippen molar-refractivity contribution in [1.29, 1.82) is 0 Å². The SMILES string of the molecule is CCC(C)(C)NCC(C)N1CCOC2CCCCC21. The first kappa shape index (κ1) is 15.3. The molecule has 1 N–H and O–H groups in total.